The smallest absolute Gasteiger partial charge is 0.335 e. The summed E-state index contributed by atoms with van der Waals surface area (Å²) in [6.07, 6.45) is 2.52. The summed E-state index contributed by atoms with van der Waals surface area (Å²) < 4.78 is 52.7. The molecular formula is C17H18N2O6S2. The highest BCUT2D eigenvalue weighted by Gasteiger charge is 2.25. The summed E-state index contributed by atoms with van der Waals surface area (Å²) >= 11 is 0. The van der Waals surface area contributed by atoms with Crippen LogP contribution in [-0.4, -0.2) is 40.7 Å². The van der Waals surface area contributed by atoms with Crippen molar-refractivity contribution in [3.05, 3.63) is 53.6 Å². The molecule has 8 nitrogen and oxygen atoms in total. The van der Waals surface area contributed by atoms with Crippen molar-refractivity contribution in [2.45, 2.75) is 17.7 Å². The molecule has 0 radical (unpaired) electrons. The second-order valence-corrected chi connectivity index (χ2v) is 9.81. The van der Waals surface area contributed by atoms with Gasteiger partial charge in [0.2, 0.25) is 10.0 Å². The van der Waals surface area contributed by atoms with Crippen molar-refractivity contribution in [1.29, 1.82) is 0 Å². The number of hydrogen-bond donors (Lipinski definition) is 2. The van der Waals surface area contributed by atoms with Crippen LogP contribution in [0.2, 0.25) is 0 Å². The first-order chi connectivity index (χ1) is 12.6. The fourth-order valence-corrected chi connectivity index (χ4v) is 4.98. The van der Waals surface area contributed by atoms with E-state index >= 15 is 0 Å². The normalized spacial score (nSPS) is 14.5. The molecule has 0 aliphatic carbocycles. The fraction of sp³-hybridized carbons (Fsp3) is 0.235. The number of nitrogens with one attached hydrogen (secondary N) is 1. The fourth-order valence-electron chi connectivity index (χ4n) is 2.94. The van der Waals surface area contributed by atoms with Crippen LogP contribution in [-0.2, 0) is 26.5 Å². The van der Waals surface area contributed by atoms with Gasteiger partial charge < -0.3 is 5.11 Å². The molecule has 2 aromatic rings. The number of carbonyl (C=O) groups is 1. The molecule has 2 N–H and O–H groups in total. The van der Waals surface area contributed by atoms with E-state index in [1.165, 1.54) is 34.6 Å². The Hall–Kier alpha value is -2.59. The van der Waals surface area contributed by atoms with Crippen LogP contribution in [0.25, 0.3) is 0 Å². The van der Waals surface area contributed by atoms with E-state index in [4.69, 9.17) is 5.11 Å². The number of anilines is 2. The predicted octanol–water partition coefficient (Wildman–Crippen LogP) is 1.90. The minimum Gasteiger partial charge on any atom is -0.478 e. The Labute approximate surface area is 157 Å². The van der Waals surface area contributed by atoms with Crippen molar-refractivity contribution in [3.8, 4) is 0 Å². The number of hydrogen-bond acceptors (Lipinski definition) is 5. The maximum atomic E-state index is 12.5. The van der Waals surface area contributed by atoms with Gasteiger partial charge in [0.05, 0.1) is 28.1 Å². The van der Waals surface area contributed by atoms with Crippen LogP contribution in [0.5, 0.6) is 0 Å². The predicted molar refractivity (Wildman–Crippen MR) is 101 cm³/mol. The molecule has 0 saturated carbocycles. The van der Waals surface area contributed by atoms with Gasteiger partial charge in [-0.2, -0.15) is 0 Å². The van der Waals surface area contributed by atoms with Crippen LogP contribution in [0.15, 0.2) is 47.4 Å². The number of sulfonamides is 2. The van der Waals surface area contributed by atoms with E-state index < -0.39 is 26.0 Å². The first-order valence-corrected chi connectivity index (χ1v) is 11.4. The van der Waals surface area contributed by atoms with Crippen LogP contribution in [0.4, 0.5) is 11.4 Å². The van der Waals surface area contributed by atoms with E-state index in [0.29, 0.717) is 25.1 Å². The van der Waals surface area contributed by atoms with Gasteiger partial charge in [0, 0.05) is 6.54 Å². The van der Waals surface area contributed by atoms with Gasteiger partial charge in [0.25, 0.3) is 10.0 Å². The highest BCUT2D eigenvalue weighted by molar-refractivity contribution is 7.92. The zero-order valence-corrected chi connectivity index (χ0v) is 16.0. The lowest BCUT2D eigenvalue weighted by Gasteiger charge is -2.29. The summed E-state index contributed by atoms with van der Waals surface area (Å²) in [6, 6.07) is 9.59. The highest BCUT2D eigenvalue weighted by Crippen LogP contribution is 2.32. The molecule has 0 saturated heterocycles. The molecule has 2 aromatic carbocycles. The Bertz CT molecular complexity index is 1090. The molecule has 0 amide bonds. The van der Waals surface area contributed by atoms with E-state index in [2.05, 4.69) is 4.72 Å². The second-order valence-electron chi connectivity index (χ2n) is 6.22. The molecule has 0 unspecified atom stereocenters. The average molecular weight is 410 g/mol. The zero-order valence-electron chi connectivity index (χ0n) is 14.4. The van der Waals surface area contributed by atoms with Crippen molar-refractivity contribution < 1.29 is 26.7 Å². The maximum Gasteiger partial charge on any atom is 0.335 e. The lowest BCUT2D eigenvalue weighted by molar-refractivity contribution is 0.0696. The summed E-state index contributed by atoms with van der Waals surface area (Å²) in [4.78, 5) is 10.8. The largest absolute Gasteiger partial charge is 0.478 e. The number of nitrogens with zero attached hydrogens (tertiary/aromatic N) is 1. The van der Waals surface area contributed by atoms with E-state index in [1.54, 1.807) is 12.1 Å². The molecular weight excluding hydrogens is 392 g/mol. The SMILES string of the molecule is CS(=O)(=O)N1CCCc2ccc(NS(=O)(=O)c3ccc(C(=O)O)cc3)cc21. The van der Waals surface area contributed by atoms with Gasteiger partial charge in [-0.1, -0.05) is 6.07 Å². The van der Waals surface area contributed by atoms with Crippen molar-refractivity contribution in [2.75, 3.05) is 21.8 Å². The summed E-state index contributed by atoms with van der Waals surface area (Å²) in [5.41, 5.74) is 1.50. The van der Waals surface area contributed by atoms with Crippen LogP contribution >= 0.6 is 0 Å². The molecule has 0 bridgehead atoms. The number of carboxylic acid groups (broad SMARTS) is 1. The molecule has 0 atom stereocenters. The Balaban J connectivity index is 1.92. The van der Waals surface area contributed by atoms with Crippen LogP contribution in [0.1, 0.15) is 22.3 Å². The van der Waals surface area contributed by atoms with Crippen molar-refractivity contribution in [3.63, 3.8) is 0 Å². The summed E-state index contributed by atoms with van der Waals surface area (Å²) in [6.45, 7) is 0.346. The summed E-state index contributed by atoms with van der Waals surface area (Å²) in [5.74, 6) is -1.15. The molecule has 0 aromatic heterocycles. The third kappa shape index (κ3) is 4.06. The summed E-state index contributed by atoms with van der Waals surface area (Å²) in [7, 11) is -7.41. The topological polar surface area (TPSA) is 121 Å². The minimum absolute atomic E-state index is 0.0217. The minimum atomic E-state index is -3.95. The number of fused-ring (bicyclic) bond motifs is 1. The van der Waals surface area contributed by atoms with E-state index in [9.17, 15) is 21.6 Å². The Morgan fingerprint density at radius 3 is 2.33 bits per heavy atom. The summed E-state index contributed by atoms with van der Waals surface area (Å²) in [5, 5.41) is 8.90. The number of rotatable bonds is 5. The molecule has 0 fully saturated rings. The van der Waals surface area contributed by atoms with Gasteiger partial charge in [-0.05, 0) is 54.8 Å². The van der Waals surface area contributed by atoms with Gasteiger partial charge in [-0.25, -0.2) is 21.6 Å². The first-order valence-electron chi connectivity index (χ1n) is 8.05. The number of aryl methyl sites for hydroxylation is 1. The quantitative estimate of drug-likeness (QED) is 0.777. The van der Waals surface area contributed by atoms with Crippen LogP contribution in [0, 0.1) is 0 Å². The first kappa shape index (κ1) is 19.2. The zero-order chi connectivity index (χ0) is 19.8. The molecule has 1 aliphatic rings. The van der Waals surface area contributed by atoms with E-state index in [-0.39, 0.29) is 16.1 Å². The number of benzene rings is 2. The van der Waals surface area contributed by atoms with Crippen LogP contribution in [0.3, 0.4) is 0 Å². The average Bonchev–Trinajstić information content (AvgIpc) is 2.60. The standard InChI is InChI=1S/C17H18N2O6S2/c1-26(22,23)19-10-2-3-12-4-7-14(11-16(12)19)18-27(24,25)15-8-5-13(6-9-15)17(20)21/h4-9,11,18H,2-3,10H2,1H3,(H,20,21). The lowest BCUT2D eigenvalue weighted by atomic mass is 10.0. The molecule has 144 valence electrons. The molecule has 1 heterocycles. The van der Waals surface area contributed by atoms with Gasteiger partial charge in [0.15, 0.2) is 0 Å². The molecule has 27 heavy (non-hydrogen) atoms. The van der Waals surface area contributed by atoms with E-state index in [0.717, 1.165) is 11.8 Å². The van der Waals surface area contributed by atoms with Crippen molar-refractivity contribution in [2.24, 2.45) is 0 Å². The van der Waals surface area contributed by atoms with Gasteiger partial charge in [-0.3, -0.25) is 9.03 Å². The Morgan fingerprint density at radius 1 is 1.07 bits per heavy atom. The molecule has 0 spiro atoms. The van der Waals surface area contributed by atoms with Gasteiger partial charge in [0.1, 0.15) is 0 Å². The third-order valence-corrected chi connectivity index (χ3v) is 6.80. The number of aromatic carboxylic acids is 1. The van der Waals surface area contributed by atoms with Crippen molar-refractivity contribution >= 4 is 37.4 Å². The van der Waals surface area contributed by atoms with Gasteiger partial charge >= 0.3 is 5.97 Å². The maximum absolute atomic E-state index is 12.5. The molecule has 10 heteroatoms. The second kappa shape index (κ2) is 6.86. The Kier molecular flexibility index (Phi) is 4.87. The van der Waals surface area contributed by atoms with Crippen molar-refractivity contribution in [1.82, 2.24) is 0 Å². The Morgan fingerprint density at radius 2 is 1.74 bits per heavy atom. The third-order valence-electron chi connectivity index (χ3n) is 4.23. The number of carboxylic acids is 1. The van der Waals surface area contributed by atoms with Crippen LogP contribution < -0.4 is 9.03 Å². The monoisotopic (exact) mass is 410 g/mol. The molecule has 1 aliphatic heterocycles. The highest BCUT2D eigenvalue weighted by atomic mass is 32.2. The lowest BCUT2D eigenvalue weighted by Crippen LogP contribution is -2.34. The van der Waals surface area contributed by atoms with E-state index in [1.807, 2.05) is 0 Å². The molecule has 3 rings (SSSR count). The van der Waals surface area contributed by atoms with Gasteiger partial charge in [-0.15, -0.1) is 0 Å².